The van der Waals surface area contributed by atoms with E-state index in [1.165, 1.54) is 19.2 Å². The van der Waals surface area contributed by atoms with Crippen molar-refractivity contribution in [1.29, 1.82) is 0 Å². The fourth-order valence-electron chi connectivity index (χ4n) is 3.62. The van der Waals surface area contributed by atoms with E-state index < -0.39 is 12.0 Å². The number of fused-ring (bicyclic) bond motifs is 1. The fourth-order valence-corrected chi connectivity index (χ4v) is 3.62. The molecule has 6 heteroatoms. The Morgan fingerprint density at radius 3 is 2.55 bits per heavy atom. The molecule has 0 bridgehead atoms. The maximum atomic E-state index is 13.2. The monoisotopic (exact) mass is 418 g/mol. The molecule has 158 valence electrons. The molecule has 1 N–H and O–H groups in total. The lowest BCUT2D eigenvalue weighted by Gasteiger charge is -2.30. The maximum absolute atomic E-state index is 13.2. The molecule has 1 atom stereocenters. The van der Waals surface area contributed by atoms with Crippen molar-refractivity contribution in [3.05, 3.63) is 106 Å². The van der Waals surface area contributed by atoms with Crippen molar-refractivity contribution >= 4 is 12.2 Å². The molecule has 5 nitrogen and oxygen atoms in total. The highest BCUT2D eigenvalue weighted by molar-refractivity contribution is 5.91. The van der Waals surface area contributed by atoms with Gasteiger partial charge in [0.05, 0.1) is 7.11 Å². The van der Waals surface area contributed by atoms with Crippen LogP contribution in [0.1, 0.15) is 18.1 Å². The normalized spacial score (nSPS) is 17.6. The molecule has 2 aliphatic heterocycles. The second kappa shape index (κ2) is 9.00. The maximum Gasteiger partial charge on any atom is 0.358 e. The summed E-state index contributed by atoms with van der Waals surface area (Å²) in [4.78, 5) is 17.1. The number of ether oxygens (including phenoxy) is 2. The van der Waals surface area contributed by atoms with E-state index in [1.807, 2.05) is 43.3 Å². The number of nitrogens with one attached hydrogen (secondary N) is 1. The van der Waals surface area contributed by atoms with Gasteiger partial charge < -0.3 is 14.8 Å². The summed E-state index contributed by atoms with van der Waals surface area (Å²) in [6, 6.07) is 15.7. The largest absolute Gasteiger partial charge is 0.488 e. The first kappa shape index (κ1) is 20.6. The van der Waals surface area contributed by atoms with Crippen LogP contribution in [0.25, 0.3) is 0 Å². The molecule has 0 saturated heterocycles. The standard InChI is InChI=1S/C25H23FN2O3/c1-16-21-13-19(12-17-8-10-20(26)11-9-17)14-27-22(21)24(23(28-16)25(29)30-2)31-15-18-6-4-3-5-7-18/h3-11,13-14,22,28H,12,15H2,1-2H3. The number of benzene rings is 2. The first-order chi connectivity index (χ1) is 15.0. The summed E-state index contributed by atoms with van der Waals surface area (Å²) in [5, 5.41) is 3.14. The average Bonchev–Trinajstić information content (AvgIpc) is 2.80. The lowest BCUT2D eigenvalue weighted by molar-refractivity contribution is -0.136. The van der Waals surface area contributed by atoms with E-state index in [2.05, 4.69) is 5.32 Å². The Balaban J connectivity index is 1.60. The number of methoxy groups -OCH3 is 1. The molecular formula is C25H23FN2O3. The number of halogens is 1. The summed E-state index contributed by atoms with van der Waals surface area (Å²) in [7, 11) is 1.34. The molecule has 0 saturated carbocycles. The van der Waals surface area contributed by atoms with Gasteiger partial charge in [-0.25, -0.2) is 9.18 Å². The molecule has 0 aliphatic carbocycles. The Bertz CT molecular complexity index is 1100. The zero-order valence-electron chi connectivity index (χ0n) is 17.4. The Hall–Kier alpha value is -3.67. The molecule has 2 aliphatic rings. The minimum absolute atomic E-state index is 0.258. The van der Waals surface area contributed by atoms with Gasteiger partial charge in [-0.1, -0.05) is 42.5 Å². The topological polar surface area (TPSA) is 59.9 Å². The zero-order valence-corrected chi connectivity index (χ0v) is 17.4. The van der Waals surface area contributed by atoms with Crippen LogP contribution in [0.5, 0.6) is 0 Å². The van der Waals surface area contributed by atoms with Gasteiger partial charge in [0.1, 0.15) is 18.5 Å². The second-order valence-electron chi connectivity index (χ2n) is 7.41. The van der Waals surface area contributed by atoms with E-state index in [-0.39, 0.29) is 11.5 Å². The van der Waals surface area contributed by atoms with Gasteiger partial charge in [-0.3, -0.25) is 4.99 Å². The average molecular weight is 418 g/mol. The Morgan fingerprint density at radius 1 is 1.10 bits per heavy atom. The van der Waals surface area contributed by atoms with Crippen molar-refractivity contribution in [2.75, 3.05) is 7.11 Å². The molecular weight excluding hydrogens is 395 g/mol. The van der Waals surface area contributed by atoms with Crippen LogP contribution in [0.3, 0.4) is 0 Å². The predicted molar refractivity (Wildman–Crippen MR) is 117 cm³/mol. The number of nitrogens with zero attached hydrogens (tertiary/aromatic N) is 1. The number of hydrogen-bond donors (Lipinski definition) is 1. The molecule has 2 heterocycles. The van der Waals surface area contributed by atoms with Crippen LogP contribution in [0, 0.1) is 5.82 Å². The molecule has 0 amide bonds. The molecule has 0 fully saturated rings. The van der Waals surface area contributed by atoms with Gasteiger partial charge >= 0.3 is 5.97 Å². The SMILES string of the molecule is COC(=O)C1=C(OCc2ccccc2)C2N=CC(Cc3ccc(F)cc3)=CC2=C(C)N1. The van der Waals surface area contributed by atoms with E-state index in [0.717, 1.165) is 28.0 Å². The number of esters is 1. The summed E-state index contributed by atoms with van der Waals surface area (Å²) >= 11 is 0. The number of dihydropyridines is 2. The van der Waals surface area contributed by atoms with E-state index in [1.54, 1.807) is 18.3 Å². The molecule has 0 spiro atoms. The first-order valence-electron chi connectivity index (χ1n) is 10.0. The van der Waals surface area contributed by atoms with Crippen LogP contribution < -0.4 is 5.32 Å². The Kier molecular flexibility index (Phi) is 5.98. The van der Waals surface area contributed by atoms with Crippen LogP contribution in [0.4, 0.5) is 4.39 Å². The number of rotatable bonds is 6. The van der Waals surface area contributed by atoms with Gasteiger partial charge in [0, 0.05) is 17.5 Å². The van der Waals surface area contributed by atoms with Crippen molar-refractivity contribution in [1.82, 2.24) is 5.32 Å². The fraction of sp³-hybridized carbons (Fsp3) is 0.200. The summed E-state index contributed by atoms with van der Waals surface area (Å²) in [5.74, 6) is -0.326. The smallest absolute Gasteiger partial charge is 0.358 e. The molecule has 31 heavy (non-hydrogen) atoms. The van der Waals surface area contributed by atoms with Crippen LogP contribution in [0.15, 0.2) is 94.0 Å². The highest BCUT2D eigenvalue weighted by atomic mass is 19.1. The zero-order chi connectivity index (χ0) is 21.8. The third kappa shape index (κ3) is 4.58. The lowest BCUT2D eigenvalue weighted by atomic mass is 9.92. The van der Waals surface area contributed by atoms with Crippen molar-refractivity contribution in [2.45, 2.75) is 26.0 Å². The van der Waals surface area contributed by atoms with Crippen LogP contribution in [-0.4, -0.2) is 25.3 Å². The third-order valence-electron chi connectivity index (χ3n) is 5.21. The van der Waals surface area contributed by atoms with Crippen molar-refractivity contribution in [2.24, 2.45) is 4.99 Å². The quantitative estimate of drug-likeness (QED) is 0.714. The molecule has 0 aromatic heterocycles. The number of aliphatic imine (C=N–C) groups is 1. The van der Waals surface area contributed by atoms with Crippen molar-refractivity contribution in [3.8, 4) is 0 Å². The van der Waals surface area contributed by atoms with Crippen LogP contribution in [-0.2, 0) is 27.3 Å². The van der Waals surface area contributed by atoms with Gasteiger partial charge in [-0.15, -0.1) is 0 Å². The molecule has 4 rings (SSSR count). The van der Waals surface area contributed by atoms with Gasteiger partial charge in [0.25, 0.3) is 0 Å². The predicted octanol–water partition coefficient (Wildman–Crippen LogP) is 4.23. The third-order valence-corrected chi connectivity index (χ3v) is 5.21. The minimum Gasteiger partial charge on any atom is -0.488 e. The minimum atomic E-state index is -0.502. The number of carbonyl (C=O) groups is 1. The molecule has 0 radical (unpaired) electrons. The van der Waals surface area contributed by atoms with Gasteiger partial charge in [0.2, 0.25) is 0 Å². The molecule has 2 aromatic carbocycles. The number of hydrogen-bond acceptors (Lipinski definition) is 5. The summed E-state index contributed by atoms with van der Waals surface area (Å²) in [5.41, 5.74) is 4.96. The van der Waals surface area contributed by atoms with E-state index >= 15 is 0 Å². The second-order valence-corrected chi connectivity index (χ2v) is 7.41. The van der Waals surface area contributed by atoms with Crippen LogP contribution >= 0.6 is 0 Å². The van der Waals surface area contributed by atoms with Gasteiger partial charge in [-0.2, -0.15) is 0 Å². The lowest BCUT2D eigenvalue weighted by Crippen LogP contribution is -2.35. The van der Waals surface area contributed by atoms with Crippen molar-refractivity contribution < 1.29 is 18.7 Å². The highest BCUT2D eigenvalue weighted by Crippen LogP contribution is 2.32. The summed E-state index contributed by atoms with van der Waals surface area (Å²) in [6.45, 7) is 2.20. The van der Waals surface area contributed by atoms with Gasteiger partial charge in [-0.05, 0) is 48.3 Å². The van der Waals surface area contributed by atoms with E-state index in [0.29, 0.717) is 18.8 Å². The Labute approximate surface area is 180 Å². The van der Waals surface area contributed by atoms with E-state index in [4.69, 9.17) is 14.5 Å². The summed E-state index contributed by atoms with van der Waals surface area (Å²) in [6.07, 6.45) is 4.46. The van der Waals surface area contributed by atoms with Crippen LogP contribution in [0.2, 0.25) is 0 Å². The molecule has 2 aromatic rings. The van der Waals surface area contributed by atoms with Gasteiger partial charge in [0.15, 0.2) is 11.5 Å². The Morgan fingerprint density at radius 2 is 1.84 bits per heavy atom. The number of allylic oxidation sites excluding steroid dienone is 2. The number of carbonyl (C=O) groups excluding carboxylic acids is 1. The first-order valence-corrected chi connectivity index (χ1v) is 10.0. The summed E-state index contributed by atoms with van der Waals surface area (Å²) < 4.78 is 24.2. The van der Waals surface area contributed by atoms with E-state index in [9.17, 15) is 9.18 Å². The highest BCUT2D eigenvalue weighted by Gasteiger charge is 2.34. The van der Waals surface area contributed by atoms with Crippen molar-refractivity contribution in [3.63, 3.8) is 0 Å². The molecule has 1 unspecified atom stereocenters.